The van der Waals surface area contributed by atoms with Gasteiger partial charge in [-0.1, -0.05) is 6.07 Å². The minimum atomic E-state index is -0.705. The van der Waals surface area contributed by atoms with Crippen LogP contribution in [0, 0.1) is 0 Å². The number of amides is 1. The Morgan fingerprint density at radius 2 is 2.04 bits per heavy atom. The first-order valence-corrected chi connectivity index (χ1v) is 8.27. The van der Waals surface area contributed by atoms with Crippen molar-refractivity contribution < 1.29 is 14.3 Å². The Kier molecular flexibility index (Phi) is 4.82. The lowest BCUT2D eigenvalue weighted by molar-refractivity contribution is 0.0903. The summed E-state index contributed by atoms with van der Waals surface area (Å²) < 4.78 is 5.19. The molecule has 4 nitrogen and oxygen atoms in total. The summed E-state index contributed by atoms with van der Waals surface area (Å²) in [6.45, 7) is 1.89. The van der Waals surface area contributed by atoms with Crippen LogP contribution in [-0.4, -0.2) is 17.1 Å². The molecule has 0 saturated carbocycles. The SMILES string of the molecule is CC(CC(O)c1ccco1)NC(=O)c1ccc2c(c1)CCCC2. The molecule has 2 atom stereocenters. The van der Waals surface area contributed by atoms with Crippen LogP contribution >= 0.6 is 0 Å². The third kappa shape index (κ3) is 3.82. The third-order valence-corrected chi connectivity index (χ3v) is 4.44. The zero-order chi connectivity index (χ0) is 16.2. The fraction of sp³-hybridized carbons (Fsp3) is 0.421. The number of furan rings is 1. The molecule has 2 unspecified atom stereocenters. The van der Waals surface area contributed by atoms with Gasteiger partial charge in [-0.15, -0.1) is 0 Å². The second-order valence-electron chi connectivity index (χ2n) is 6.33. The minimum Gasteiger partial charge on any atom is -0.467 e. The lowest BCUT2D eigenvalue weighted by Crippen LogP contribution is -2.33. The predicted molar refractivity (Wildman–Crippen MR) is 88.3 cm³/mol. The summed E-state index contributed by atoms with van der Waals surface area (Å²) in [5, 5.41) is 13.0. The highest BCUT2D eigenvalue weighted by atomic mass is 16.4. The molecule has 0 radical (unpaired) electrons. The lowest BCUT2D eigenvalue weighted by Gasteiger charge is -2.19. The molecule has 1 heterocycles. The van der Waals surface area contributed by atoms with E-state index in [0.717, 1.165) is 12.8 Å². The molecule has 122 valence electrons. The number of aryl methyl sites for hydroxylation is 2. The zero-order valence-corrected chi connectivity index (χ0v) is 13.4. The summed E-state index contributed by atoms with van der Waals surface area (Å²) in [5.74, 6) is 0.442. The van der Waals surface area contributed by atoms with Crippen LogP contribution in [0.2, 0.25) is 0 Å². The van der Waals surface area contributed by atoms with Crippen LogP contribution in [0.5, 0.6) is 0 Å². The third-order valence-electron chi connectivity index (χ3n) is 4.44. The number of aliphatic hydroxyl groups excluding tert-OH is 1. The summed E-state index contributed by atoms with van der Waals surface area (Å²) in [5.41, 5.74) is 3.37. The van der Waals surface area contributed by atoms with Crippen molar-refractivity contribution in [3.63, 3.8) is 0 Å². The molecule has 0 saturated heterocycles. The van der Waals surface area contributed by atoms with Crippen molar-refractivity contribution in [1.82, 2.24) is 5.32 Å². The van der Waals surface area contributed by atoms with Gasteiger partial charge in [-0.25, -0.2) is 0 Å². The van der Waals surface area contributed by atoms with Crippen LogP contribution in [0.25, 0.3) is 0 Å². The molecular weight excluding hydrogens is 290 g/mol. The maximum absolute atomic E-state index is 12.4. The minimum absolute atomic E-state index is 0.0856. The molecule has 2 aromatic rings. The average molecular weight is 313 g/mol. The van der Waals surface area contributed by atoms with Crippen molar-refractivity contribution in [2.24, 2.45) is 0 Å². The highest BCUT2D eigenvalue weighted by molar-refractivity contribution is 5.94. The first kappa shape index (κ1) is 15.8. The number of aliphatic hydroxyl groups is 1. The molecule has 1 amide bonds. The summed E-state index contributed by atoms with van der Waals surface area (Å²) in [6, 6.07) is 9.33. The standard InChI is InChI=1S/C19H23NO3/c1-13(11-17(21)18-7-4-10-23-18)20-19(22)16-9-8-14-5-2-3-6-15(14)12-16/h4,7-10,12-13,17,21H,2-3,5-6,11H2,1H3,(H,20,22). The van der Waals surface area contributed by atoms with Crippen molar-refractivity contribution in [2.45, 2.75) is 51.2 Å². The van der Waals surface area contributed by atoms with Gasteiger partial charge in [0.05, 0.1) is 6.26 Å². The van der Waals surface area contributed by atoms with Gasteiger partial charge in [0, 0.05) is 18.0 Å². The Morgan fingerprint density at radius 1 is 1.26 bits per heavy atom. The van der Waals surface area contributed by atoms with Crippen molar-refractivity contribution in [1.29, 1.82) is 0 Å². The van der Waals surface area contributed by atoms with E-state index in [1.807, 2.05) is 19.1 Å². The molecule has 1 aliphatic carbocycles. The average Bonchev–Trinajstić information content (AvgIpc) is 3.08. The van der Waals surface area contributed by atoms with Crippen molar-refractivity contribution >= 4 is 5.91 Å². The molecule has 4 heteroatoms. The number of hydrogen-bond donors (Lipinski definition) is 2. The fourth-order valence-corrected chi connectivity index (χ4v) is 3.17. The Hall–Kier alpha value is -2.07. The maximum Gasteiger partial charge on any atom is 0.251 e. The van der Waals surface area contributed by atoms with Gasteiger partial charge in [0.15, 0.2) is 0 Å². The molecule has 0 bridgehead atoms. The number of rotatable bonds is 5. The van der Waals surface area contributed by atoms with E-state index in [2.05, 4.69) is 11.4 Å². The van der Waals surface area contributed by atoms with Gasteiger partial charge in [-0.2, -0.15) is 0 Å². The smallest absolute Gasteiger partial charge is 0.251 e. The summed E-state index contributed by atoms with van der Waals surface area (Å²) in [6.07, 6.45) is 5.86. The maximum atomic E-state index is 12.4. The molecule has 0 spiro atoms. The van der Waals surface area contributed by atoms with Gasteiger partial charge in [-0.3, -0.25) is 4.79 Å². The highest BCUT2D eigenvalue weighted by Gasteiger charge is 2.18. The van der Waals surface area contributed by atoms with E-state index in [0.29, 0.717) is 17.7 Å². The quantitative estimate of drug-likeness (QED) is 0.889. The molecule has 1 aromatic heterocycles. The first-order chi connectivity index (χ1) is 11.1. The van der Waals surface area contributed by atoms with Crippen LogP contribution in [0.15, 0.2) is 41.0 Å². The van der Waals surface area contributed by atoms with Crippen LogP contribution < -0.4 is 5.32 Å². The first-order valence-electron chi connectivity index (χ1n) is 8.27. The van der Waals surface area contributed by atoms with Crippen molar-refractivity contribution in [3.8, 4) is 0 Å². The summed E-state index contributed by atoms with van der Waals surface area (Å²) >= 11 is 0. The second kappa shape index (κ2) is 7.01. The topological polar surface area (TPSA) is 62.5 Å². The van der Waals surface area contributed by atoms with Gasteiger partial charge in [-0.05, 0) is 68.0 Å². The van der Waals surface area contributed by atoms with E-state index in [1.54, 1.807) is 12.1 Å². The number of nitrogens with one attached hydrogen (secondary N) is 1. The largest absolute Gasteiger partial charge is 0.467 e. The van der Waals surface area contributed by atoms with E-state index in [4.69, 9.17) is 4.42 Å². The van der Waals surface area contributed by atoms with Gasteiger partial charge < -0.3 is 14.8 Å². The van der Waals surface area contributed by atoms with Crippen LogP contribution in [-0.2, 0) is 12.8 Å². The van der Waals surface area contributed by atoms with E-state index in [-0.39, 0.29) is 11.9 Å². The zero-order valence-electron chi connectivity index (χ0n) is 13.4. The number of benzene rings is 1. The van der Waals surface area contributed by atoms with E-state index in [1.165, 1.54) is 30.2 Å². The fourth-order valence-electron chi connectivity index (χ4n) is 3.17. The Balaban J connectivity index is 1.60. The van der Waals surface area contributed by atoms with E-state index >= 15 is 0 Å². The summed E-state index contributed by atoms with van der Waals surface area (Å²) in [4.78, 5) is 12.4. The molecular formula is C19H23NO3. The van der Waals surface area contributed by atoms with Gasteiger partial charge in [0.2, 0.25) is 0 Å². The molecule has 1 aliphatic rings. The monoisotopic (exact) mass is 313 g/mol. The Bertz CT molecular complexity index is 663. The second-order valence-corrected chi connectivity index (χ2v) is 6.33. The number of hydrogen-bond acceptors (Lipinski definition) is 3. The van der Waals surface area contributed by atoms with E-state index in [9.17, 15) is 9.90 Å². The Labute approximate surface area is 136 Å². The molecule has 1 aromatic carbocycles. The van der Waals surface area contributed by atoms with Crippen molar-refractivity contribution in [3.05, 3.63) is 59.0 Å². The lowest BCUT2D eigenvalue weighted by atomic mass is 9.90. The molecule has 0 aliphatic heterocycles. The molecule has 0 fully saturated rings. The Morgan fingerprint density at radius 3 is 2.78 bits per heavy atom. The highest BCUT2D eigenvalue weighted by Crippen LogP contribution is 2.23. The molecule has 23 heavy (non-hydrogen) atoms. The predicted octanol–water partition coefficient (Wildman–Crippen LogP) is 3.40. The van der Waals surface area contributed by atoms with Crippen LogP contribution in [0.4, 0.5) is 0 Å². The van der Waals surface area contributed by atoms with Crippen molar-refractivity contribution in [2.75, 3.05) is 0 Å². The molecule has 2 N–H and O–H groups in total. The van der Waals surface area contributed by atoms with Crippen LogP contribution in [0.3, 0.4) is 0 Å². The van der Waals surface area contributed by atoms with Gasteiger partial charge in [0.1, 0.15) is 11.9 Å². The van der Waals surface area contributed by atoms with Crippen LogP contribution in [0.1, 0.15) is 59.5 Å². The summed E-state index contributed by atoms with van der Waals surface area (Å²) in [7, 11) is 0. The van der Waals surface area contributed by atoms with Gasteiger partial charge in [0.25, 0.3) is 5.91 Å². The molecule has 3 rings (SSSR count). The van der Waals surface area contributed by atoms with Gasteiger partial charge >= 0.3 is 0 Å². The van der Waals surface area contributed by atoms with E-state index < -0.39 is 6.10 Å². The normalized spacial score (nSPS) is 16.4. The number of fused-ring (bicyclic) bond motifs is 1. The number of carbonyl (C=O) groups excluding carboxylic acids is 1. The number of carbonyl (C=O) groups is 1.